The second-order valence-corrected chi connectivity index (χ2v) is 5.85. The van der Waals surface area contributed by atoms with Crippen LogP contribution in [0.5, 0.6) is 0 Å². The van der Waals surface area contributed by atoms with Crippen LogP contribution in [0.25, 0.3) is 0 Å². The summed E-state index contributed by atoms with van der Waals surface area (Å²) < 4.78 is 0. The summed E-state index contributed by atoms with van der Waals surface area (Å²) in [6.45, 7) is 6.44. The van der Waals surface area contributed by atoms with Crippen LogP contribution < -0.4 is 10.6 Å². The van der Waals surface area contributed by atoms with Crippen LogP contribution >= 0.6 is 11.6 Å². The van der Waals surface area contributed by atoms with E-state index in [1.54, 1.807) is 31.2 Å². The largest absolute Gasteiger partial charge is 0.359 e. The molecule has 2 N–H and O–H groups in total. The van der Waals surface area contributed by atoms with Crippen molar-refractivity contribution in [3.05, 3.63) is 57.9 Å². The maximum absolute atomic E-state index is 12.1. The van der Waals surface area contributed by atoms with Gasteiger partial charge < -0.3 is 10.6 Å². The van der Waals surface area contributed by atoms with Gasteiger partial charge >= 0.3 is 0 Å². The third-order valence-corrected chi connectivity index (χ3v) is 3.68. The molecule has 2 aromatic rings. The van der Waals surface area contributed by atoms with E-state index in [-0.39, 0.29) is 5.91 Å². The lowest BCUT2D eigenvalue weighted by atomic mass is 10.1. The van der Waals surface area contributed by atoms with Crippen molar-refractivity contribution in [2.45, 2.75) is 27.2 Å². The third kappa shape index (κ3) is 6.19. The Labute approximate surface area is 158 Å². The topological polar surface area (TPSA) is 94.9 Å². The van der Waals surface area contributed by atoms with Crippen LogP contribution in [-0.4, -0.2) is 23.8 Å². The first-order valence-corrected chi connectivity index (χ1v) is 8.42. The second-order valence-electron chi connectivity index (χ2n) is 5.44. The zero-order valence-electron chi connectivity index (χ0n) is 15.0. The third-order valence-electron chi connectivity index (χ3n) is 3.36. The Morgan fingerprint density at radius 2 is 2.04 bits per heavy atom. The number of aryl methyl sites for hydroxylation is 2. The molecule has 0 saturated carbocycles. The number of hydrogen-bond donors (Lipinski definition) is 2. The molecule has 2 rings (SSSR count). The van der Waals surface area contributed by atoms with E-state index in [1.807, 2.05) is 13.8 Å². The van der Waals surface area contributed by atoms with Gasteiger partial charge in [0, 0.05) is 18.4 Å². The van der Waals surface area contributed by atoms with Crippen molar-refractivity contribution < 1.29 is 9.59 Å². The summed E-state index contributed by atoms with van der Waals surface area (Å²) >= 11 is 6.06. The fraction of sp³-hybridized carbons (Fsp3) is 0.263. The summed E-state index contributed by atoms with van der Waals surface area (Å²) in [7, 11) is 0. The standard InChI is InChI=1S/C15H12ClN3O.C4H9NO/c1-9-3-6-13(16)14(12(9)7-17)19-15(20)11-5-4-10(2)18-8-11;1-2-3-5-4-6/h3-6,8H,1-2H3,(H,19,20);4H,2-3H2,1H3,(H,5,6). The molecule has 2 amide bonds. The van der Waals surface area contributed by atoms with E-state index in [2.05, 4.69) is 21.7 Å². The van der Waals surface area contributed by atoms with Gasteiger partial charge in [-0.25, -0.2) is 0 Å². The van der Waals surface area contributed by atoms with Crippen LogP contribution in [0.2, 0.25) is 5.02 Å². The molecule has 0 radical (unpaired) electrons. The molecule has 26 heavy (non-hydrogen) atoms. The number of hydrogen-bond acceptors (Lipinski definition) is 4. The molecular weight excluding hydrogens is 352 g/mol. The Bertz CT molecular complexity index is 798. The number of amides is 2. The fourth-order valence-corrected chi connectivity index (χ4v) is 2.14. The summed E-state index contributed by atoms with van der Waals surface area (Å²) in [4.78, 5) is 25.7. The summed E-state index contributed by atoms with van der Waals surface area (Å²) in [6, 6.07) is 8.87. The summed E-state index contributed by atoms with van der Waals surface area (Å²) in [5, 5.41) is 14.7. The number of pyridine rings is 1. The Kier molecular flexibility index (Phi) is 8.82. The molecule has 6 nitrogen and oxygen atoms in total. The number of aromatic nitrogens is 1. The average Bonchev–Trinajstić information content (AvgIpc) is 2.64. The fourth-order valence-electron chi connectivity index (χ4n) is 1.94. The van der Waals surface area contributed by atoms with E-state index in [9.17, 15) is 14.9 Å². The van der Waals surface area contributed by atoms with Crippen molar-refractivity contribution in [3.63, 3.8) is 0 Å². The number of carbonyl (C=O) groups is 2. The quantitative estimate of drug-likeness (QED) is 0.619. The molecule has 0 saturated heterocycles. The van der Waals surface area contributed by atoms with Crippen LogP contribution in [0.3, 0.4) is 0 Å². The van der Waals surface area contributed by atoms with Gasteiger partial charge in [0.1, 0.15) is 6.07 Å². The molecule has 0 atom stereocenters. The van der Waals surface area contributed by atoms with Crippen LogP contribution in [0.4, 0.5) is 5.69 Å². The number of nitrogens with one attached hydrogen (secondary N) is 2. The van der Waals surface area contributed by atoms with Crippen LogP contribution in [-0.2, 0) is 4.79 Å². The van der Waals surface area contributed by atoms with Crippen LogP contribution in [0.15, 0.2) is 30.5 Å². The molecule has 0 fully saturated rings. The predicted molar refractivity (Wildman–Crippen MR) is 102 cm³/mol. The van der Waals surface area contributed by atoms with E-state index in [0.29, 0.717) is 28.2 Å². The van der Waals surface area contributed by atoms with Crippen molar-refractivity contribution in [2.24, 2.45) is 0 Å². The zero-order chi connectivity index (χ0) is 19.5. The van der Waals surface area contributed by atoms with Gasteiger partial charge in [-0.1, -0.05) is 24.6 Å². The molecule has 0 aliphatic rings. The van der Waals surface area contributed by atoms with Crippen molar-refractivity contribution >= 4 is 29.6 Å². The van der Waals surface area contributed by atoms with Gasteiger partial charge in [-0.15, -0.1) is 0 Å². The van der Waals surface area contributed by atoms with Gasteiger partial charge in [0.25, 0.3) is 5.91 Å². The molecule has 1 aromatic heterocycles. The number of halogens is 1. The highest BCUT2D eigenvalue weighted by Crippen LogP contribution is 2.28. The van der Waals surface area contributed by atoms with Gasteiger partial charge in [0.2, 0.25) is 6.41 Å². The predicted octanol–water partition coefficient (Wildman–Crippen LogP) is 3.62. The van der Waals surface area contributed by atoms with Gasteiger partial charge in [-0.2, -0.15) is 5.26 Å². The minimum atomic E-state index is -0.346. The zero-order valence-corrected chi connectivity index (χ0v) is 15.7. The molecule has 0 aliphatic heterocycles. The molecule has 0 spiro atoms. The van der Waals surface area contributed by atoms with Gasteiger partial charge in [0.05, 0.1) is 21.8 Å². The number of carbonyl (C=O) groups excluding carboxylic acids is 2. The van der Waals surface area contributed by atoms with E-state index in [4.69, 9.17) is 11.6 Å². The lowest BCUT2D eigenvalue weighted by molar-refractivity contribution is -0.109. The van der Waals surface area contributed by atoms with E-state index in [1.165, 1.54) is 6.20 Å². The molecule has 0 aliphatic carbocycles. The molecule has 0 unspecified atom stereocenters. The molecule has 1 aromatic carbocycles. The number of anilines is 1. The smallest absolute Gasteiger partial charge is 0.257 e. The summed E-state index contributed by atoms with van der Waals surface area (Å²) in [5.41, 5.74) is 2.70. The minimum absolute atomic E-state index is 0.333. The Balaban J connectivity index is 0.000000487. The van der Waals surface area contributed by atoms with Crippen molar-refractivity contribution in [3.8, 4) is 6.07 Å². The van der Waals surface area contributed by atoms with Gasteiger partial charge in [-0.05, 0) is 44.0 Å². The van der Waals surface area contributed by atoms with Gasteiger partial charge in [0.15, 0.2) is 0 Å². The lowest BCUT2D eigenvalue weighted by Gasteiger charge is -2.10. The monoisotopic (exact) mass is 372 g/mol. The van der Waals surface area contributed by atoms with E-state index < -0.39 is 0 Å². The highest BCUT2D eigenvalue weighted by Gasteiger charge is 2.14. The SMILES string of the molecule is CCCNC=O.Cc1ccc(C(=O)Nc2c(Cl)ccc(C)c2C#N)cn1. The summed E-state index contributed by atoms with van der Waals surface area (Å²) in [5.74, 6) is -0.346. The minimum Gasteiger partial charge on any atom is -0.359 e. The van der Waals surface area contributed by atoms with Gasteiger partial charge in [-0.3, -0.25) is 14.6 Å². The number of nitrogens with zero attached hydrogens (tertiary/aromatic N) is 2. The highest BCUT2D eigenvalue weighted by atomic mass is 35.5. The lowest BCUT2D eigenvalue weighted by Crippen LogP contribution is -2.14. The Morgan fingerprint density at radius 3 is 2.54 bits per heavy atom. The average molecular weight is 373 g/mol. The normalized spacial score (nSPS) is 9.35. The van der Waals surface area contributed by atoms with Crippen molar-refractivity contribution in [1.29, 1.82) is 5.26 Å². The van der Waals surface area contributed by atoms with E-state index in [0.717, 1.165) is 24.2 Å². The second kappa shape index (κ2) is 10.9. The molecular formula is C19H21ClN4O2. The van der Waals surface area contributed by atoms with E-state index >= 15 is 0 Å². The maximum atomic E-state index is 12.1. The molecule has 136 valence electrons. The first-order valence-electron chi connectivity index (χ1n) is 8.04. The molecule has 1 heterocycles. The number of benzene rings is 1. The Morgan fingerprint density at radius 1 is 1.31 bits per heavy atom. The summed E-state index contributed by atoms with van der Waals surface area (Å²) in [6.07, 6.45) is 3.21. The van der Waals surface area contributed by atoms with Crippen LogP contribution in [0, 0.1) is 25.2 Å². The first-order chi connectivity index (χ1) is 12.4. The number of rotatable bonds is 5. The first kappa shape index (κ1) is 21.1. The molecule has 7 heteroatoms. The molecule has 0 bridgehead atoms. The number of nitriles is 1. The van der Waals surface area contributed by atoms with Crippen molar-refractivity contribution in [1.82, 2.24) is 10.3 Å². The van der Waals surface area contributed by atoms with Crippen LogP contribution in [0.1, 0.15) is 40.5 Å². The Hall–Kier alpha value is -2.91. The maximum Gasteiger partial charge on any atom is 0.257 e. The van der Waals surface area contributed by atoms with Crippen molar-refractivity contribution in [2.75, 3.05) is 11.9 Å². The highest BCUT2D eigenvalue weighted by molar-refractivity contribution is 6.34.